The van der Waals surface area contributed by atoms with Crippen LogP contribution in [0.25, 0.3) is 0 Å². The molecule has 2 atom stereocenters. The van der Waals surface area contributed by atoms with Crippen molar-refractivity contribution < 1.29 is 0 Å². The van der Waals surface area contributed by atoms with Crippen molar-refractivity contribution in [1.29, 1.82) is 0 Å². The zero-order valence-electron chi connectivity index (χ0n) is 13.4. The third-order valence-electron chi connectivity index (χ3n) is 4.97. The first-order chi connectivity index (χ1) is 10.8. The van der Waals surface area contributed by atoms with E-state index in [2.05, 4.69) is 22.5 Å². The molecule has 0 aliphatic carbocycles. The van der Waals surface area contributed by atoms with E-state index in [9.17, 15) is 0 Å². The van der Waals surface area contributed by atoms with Gasteiger partial charge in [0, 0.05) is 23.8 Å². The SMILES string of the molecule is CCCN1C2CCCC1CC(NC(=S)Nc1ccccc1)C2. The monoisotopic (exact) mass is 317 g/mol. The molecule has 120 valence electrons. The van der Waals surface area contributed by atoms with Crippen LogP contribution in [0.3, 0.4) is 0 Å². The molecule has 3 rings (SSSR count). The topological polar surface area (TPSA) is 27.3 Å². The second-order valence-corrected chi connectivity index (χ2v) is 7.02. The molecule has 0 saturated carbocycles. The van der Waals surface area contributed by atoms with Crippen molar-refractivity contribution in [2.75, 3.05) is 11.9 Å². The summed E-state index contributed by atoms with van der Waals surface area (Å²) in [5, 5.41) is 7.61. The van der Waals surface area contributed by atoms with Crippen LogP contribution < -0.4 is 10.6 Å². The molecule has 2 bridgehead atoms. The Morgan fingerprint density at radius 3 is 2.50 bits per heavy atom. The van der Waals surface area contributed by atoms with Gasteiger partial charge in [-0.3, -0.25) is 4.90 Å². The van der Waals surface area contributed by atoms with Gasteiger partial charge in [0.2, 0.25) is 0 Å². The van der Waals surface area contributed by atoms with Crippen LogP contribution in [-0.2, 0) is 0 Å². The summed E-state index contributed by atoms with van der Waals surface area (Å²) in [7, 11) is 0. The Labute approximate surface area is 139 Å². The van der Waals surface area contributed by atoms with E-state index < -0.39 is 0 Å². The Balaban J connectivity index is 1.55. The molecule has 2 heterocycles. The fourth-order valence-corrected chi connectivity index (χ4v) is 4.38. The van der Waals surface area contributed by atoms with Gasteiger partial charge in [-0.15, -0.1) is 0 Å². The number of fused-ring (bicyclic) bond motifs is 2. The number of benzene rings is 1. The number of hydrogen-bond donors (Lipinski definition) is 2. The lowest BCUT2D eigenvalue weighted by atomic mass is 9.81. The van der Waals surface area contributed by atoms with Crippen LogP contribution in [0.15, 0.2) is 30.3 Å². The summed E-state index contributed by atoms with van der Waals surface area (Å²) in [6, 6.07) is 12.2. The number of anilines is 1. The number of rotatable bonds is 4. The molecule has 2 N–H and O–H groups in total. The van der Waals surface area contributed by atoms with Crippen molar-refractivity contribution in [2.45, 2.75) is 63.6 Å². The predicted molar refractivity (Wildman–Crippen MR) is 97.2 cm³/mol. The molecule has 0 amide bonds. The molecule has 0 spiro atoms. The third-order valence-corrected chi connectivity index (χ3v) is 5.19. The fourth-order valence-electron chi connectivity index (χ4n) is 4.09. The van der Waals surface area contributed by atoms with Gasteiger partial charge in [0.15, 0.2) is 5.11 Å². The van der Waals surface area contributed by atoms with E-state index >= 15 is 0 Å². The standard InChI is InChI=1S/C18H27N3S/c1-2-11-21-16-9-6-10-17(21)13-15(12-16)20-18(22)19-14-7-4-3-5-8-14/h3-5,7-8,15-17H,2,6,9-13H2,1H3,(H2,19,20,22). The molecule has 2 aliphatic rings. The lowest BCUT2D eigenvalue weighted by Crippen LogP contribution is -2.57. The first-order valence-corrected chi connectivity index (χ1v) is 9.05. The van der Waals surface area contributed by atoms with Gasteiger partial charge in [-0.2, -0.15) is 0 Å². The quantitative estimate of drug-likeness (QED) is 0.827. The zero-order chi connectivity index (χ0) is 15.4. The van der Waals surface area contributed by atoms with E-state index in [1.165, 1.54) is 45.1 Å². The summed E-state index contributed by atoms with van der Waals surface area (Å²) in [4.78, 5) is 2.76. The van der Waals surface area contributed by atoms with Crippen molar-refractivity contribution in [2.24, 2.45) is 0 Å². The average molecular weight is 318 g/mol. The lowest BCUT2D eigenvalue weighted by molar-refractivity contribution is 0.0284. The van der Waals surface area contributed by atoms with Gasteiger partial charge in [0.1, 0.15) is 0 Å². The lowest BCUT2D eigenvalue weighted by Gasteiger charge is -2.49. The maximum absolute atomic E-state index is 5.49. The highest BCUT2D eigenvalue weighted by Crippen LogP contribution is 2.34. The first kappa shape index (κ1) is 15.8. The molecule has 2 fully saturated rings. The van der Waals surface area contributed by atoms with Crippen LogP contribution in [0, 0.1) is 0 Å². The first-order valence-electron chi connectivity index (χ1n) is 8.64. The molecule has 0 aromatic heterocycles. The number of nitrogens with one attached hydrogen (secondary N) is 2. The Morgan fingerprint density at radius 1 is 1.18 bits per heavy atom. The van der Waals surface area contributed by atoms with Crippen LogP contribution in [-0.4, -0.2) is 34.7 Å². The van der Waals surface area contributed by atoms with Gasteiger partial charge in [-0.05, 0) is 63.0 Å². The van der Waals surface area contributed by atoms with Crippen molar-refractivity contribution in [1.82, 2.24) is 10.2 Å². The molecule has 3 nitrogen and oxygen atoms in total. The van der Waals surface area contributed by atoms with Gasteiger partial charge in [-0.25, -0.2) is 0 Å². The molecule has 0 radical (unpaired) electrons. The van der Waals surface area contributed by atoms with Crippen molar-refractivity contribution in [3.05, 3.63) is 30.3 Å². The summed E-state index contributed by atoms with van der Waals surface area (Å²) in [6.45, 7) is 3.55. The minimum Gasteiger partial charge on any atom is -0.360 e. The second-order valence-electron chi connectivity index (χ2n) is 6.61. The van der Waals surface area contributed by atoms with Gasteiger partial charge in [0.05, 0.1) is 0 Å². The molecule has 1 aromatic rings. The Kier molecular flexibility index (Phi) is 5.32. The average Bonchev–Trinajstić information content (AvgIpc) is 2.49. The second kappa shape index (κ2) is 7.42. The number of piperidine rings is 2. The van der Waals surface area contributed by atoms with E-state index in [1.807, 2.05) is 30.3 Å². The summed E-state index contributed by atoms with van der Waals surface area (Å²) < 4.78 is 0. The van der Waals surface area contributed by atoms with Gasteiger partial charge in [0.25, 0.3) is 0 Å². The van der Waals surface area contributed by atoms with E-state index in [-0.39, 0.29) is 0 Å². The van der Waals surface area contributed by atoms with Gasteiger partial charge >= 0.3 is 0 Å². The number of thiocarbonyl (C=S) groups is 1. The van der Waals surface area contributed by atoms with E-state index in [4.69, 9.17) is 12.2 Å². The molecular weight excluding hydrogens is 290 g/mol. The Hall–Kier alpha value is -1.13. The highest BCUT2D eigenvalue weighted by Gasteiger charge is 2.37. The smallest absolute Gasteiger partial charge is 0.170 e. The van der Waals surface area contributed by atoms with Crippen molar-refractivity contribution in [3.63, 3.8) is 0 Å². The molecule has 1 aromatic carbocycles. The maximum atomic E-state index is 5.49. The minimum absolute atomic E-state index is 0.520. The number of para-hydroxylation sites is 1. The fraction of sp³-hybridized carbons (Fsp3) is 0.611. The van der Waals surface area contributed by atoms with Crippen molar-refractivity contribution in [3.8, 4) is 0 Å². The van der Waals surface area contributed by atoms with Crippen LogP contribution >= 0.6 is 12.2 Å². The molecular formula is C18H27N3S. The van der Waals surface area contributed by atoms with Gasteiger partial charge < -0.3 is 10.6 Å². The maximum Gasteiger partial charge on any atom is 0.170 e. The molecule has 2 aliphatic heterocycles. The van der Waals surface area contributed by atoms with E-state index in [0.717, 1.165) is 22.9 Å². The summed E-state index contributed by atoms with van der Waals surface area (Å²) in [5.74, 6) is 0. The molecule has 22 heavy (non-hydrogen) atoms. The number of hydrogen-bond acceptors (Lipinski definition) is 2. The third kappa shape index (κ3) is 3.79. The van der Waals surface area contributed by atoms with Crippen molar-refractivity contribution >= 4 is 23.0 Å². The predicted octanol–water partition coefficient (Wildman–Crippen LogP) is 3.77. The molecule has 2 saturated heterocycles. The largest absolute Gasteiger partial charge is 0.360 e. The highest BCUT2D eigenvalue weighted by atomic mass is 32.1. The van der Waals surface area contributed by atoms with Crippen LogP contribution in [0.2, 0.25) is 0 Å². The zero-order valence-corrected chi connectivity index (χ0v) is 14.2. The van der Waals surface area contributed by atoms with Gasteiger partial charge in [-0.1, -0.05) is 31.5 Å². The van der Waals surface area contributed by atoms with Crippen LogP contribution in [0.5, 0.6) is 0 Å². The molecule has 4 heteroatoms. The van der Waals surface area contributed by atoms with E-state index in [0.29, 0.717) is 6.04 Å². The highest BCUT2D eigenvalue weighted by molar-refractivity contribution is 7.80. The molecule has 2 unspecified atom stereocenters. The summed E-state index contributed by atoms with van der Waals surface area (Å²) in [6.07, 6.45) is 7.83. The Morgan fingerprint density at radius 2 is 1.86 bits per heavy atom. The number of nitrogens with zero attached hydrogens (tertiary/aromatic N) is 1. The minimum atomic E-state index is 0.520. The van der Waals surface area contributed by atoms with Crippen LogP contribution in [0.1, 0.15) is 45.4 Å². The van der Waals surface area contributed by atoms with Crippen LogP contribution in [0.4, 0.5) is 5.69 Å². The summed E-state index contributed by atoms with van der Waals surface area (Å²) >= 11 is 5.49. The Bertz CT molecular complexity index is 476. The summed E-state index contributed by atoms with van der Waals surface area (Å²) in [5.41, 5.74) is 1.06. The van der Waals surface area contributed by atoms with E-state index in [1.54, 1.807) is 0 Å². The normalized spacial score (nSPS) is 28.1.